The molecule has 1 aromatic heterocycles. The lowest BCUT2D eigenvalue weighted by atomic mass is 10.00. The Labute approximate surface area is 210 Å². The molecule has 1 aliphatic heterocycles. The summed E-state index contributed by atoms with van der Waals surface area (Å²) >= 11 is 1.84. The predicted octanol–water partition coefficient (Wildman–Crippen LogP) is 6.26. The number of rotatable bonds is 6. The van der Waals surface area contributed by atoms with Gasteiger partial charge >= 0.3 is 0 Å². The molecule has 1 saturated heterocycles. The molecule has 2 heterocycles. The van der Waals surface area contributed by atoms with Crippen molar-refractivity contribution in [3.8, 4) is 11.1 Å². The van der Waals surface area contributed by atoms with Gasteiger partial charge in [-0.05, 0) is 43.7 Å². The fourth-order valence-corrected chi connectivity index (χ4v) is 5.91. The van der Waals surface area contributed by atoms with Gasteiger partial charge in [0.25, 0.3) is 0 Å². The molecule has 178 valence electrons. The molecule has 0 bridgehead atoms. The number of para-hydroxylation sites is 1. The highest BCUT2D eigenvalue weighted by molar-refractivity contribution is 7.25. The number of nitrogens with zero attached hydrogens (tertiary/aromatic N) is 3. The highest BCUT2D eigenvalue weighted by Crippen LogP contribution is 2.38. The average molecular weight is 483 g/mol. The van der Waals surface area contributed by atoms with Gasteiger partial charge in [0, 0.05) is 75.4 Å². The molecule has 1 amide bonds. The van der Waals surface area contributed by atoms with E-state index in [0.717, 1.165) is 18.8 Å². The second-order valence-electron chi connectivity index (χ2n) is 9.20. The minimum atomic E-state index is 0.0645. The summed E-state index contributed by atoms with van der Waals surface area (Å²) in [5.74, 6) is 0.0645. The predicted molar refractivity (Wildman–Crippen MR) is 150 cm³/mol. The van der Waals surface area contributed by atoms with Crippen LogP contribution in [0.1, 0.15) is 20.3 Å². The van der Waals surface area contributed by atoms with Crippen molar-refractivity contribution in [2.45, 2.75) is 20.3 Å². The Bertz CT molecular complexity index is 1430. The molecule has 5 nitrogen and oxygen atoms in total. The first-order valence-electron chi connectivity index (χ1n) is 12.1. The van der Waals surface area contributed by atoms with Crippen LogP contribution in [0.2, 0.25) is 0 Å². The molecule has 1 fully saturated rings. The summed E-state index contributed by atoms with van der Waals surface area (Å²) in [6.07, 6.45) is 0.533. The van der Waals surface area contributed by atoms with E-state index in [1.54, 1.807) is 6.92 Å². The smallest absolute Gasteiger partial charge is 0.244 e. The minimum absolute atomic E-state index is 0.0645. The summed E-state index contributed by atoms with van der Waals surface area (Å²) in [4.78, 5) is 21.4. The summed E-state index contributed by atoms with van der Waals surface area (Å²) in [5, 5.41) is 10.2. The monoisotopic (exact) mass is 482 g/mol. The first-order chi connectivity index (χ1) is 17.0. The van der Waals surface area contributed by atoms with Gasteiger partial charge in [-0.3, -0.25) is 9.79 Å². The van der Waals surface area contributed by atoms with E-state index in [1.807, 2.05) is 23.2 Å². The Morgan fingerprint density at radius 2 is 1.63 bits per heavy atom. The maximum Gasteiger partial charge on any atom is 0.244 e. The van der Waals surface area contributed by atoms with Gasteiger partial charge in [-0.1, -0.05) is 42.5 Å². The zero-order chi connectivity index (χ0) is 24.4. The van der Waals surface area contributed by atoms with Crippen molar-refractivity contribution in [2.75, 3.05) is 37.6 Å². The molecule has 1 aliphatic rings. The first kappa shape index (κ1) is 23.2. The number of hydrogen-bond acceptors (Lipinski definition) is 5. The van der Waals surface area contributed by atoms with Crippen LogP contribution in [0.15, 0.2) is 71.7 Å². The number of carbonyl (C=O) groups excluding carboxylic acids is 1. The molecule has 3 aromatic carbocycles. The molecule has 1 N–H and O–H groups in total. The molecular weight excluding hydrogens is 452 g/mol. The van der Waals surface area contributed by atoms with Crippen LogP contribution in [-0.4, -0.2) is 55.0 Å². The summed E-state index contributed by atoms with van der Waals surface area (Å²) in [6, 6.07) is 24.0. The van der Waals surface area contributed by atoms with Crippen molar-refractivity contribution in [3.63, 3.8) is 0 Å². The van der Waals surface area contributed by atoms with Crippen molar-refractivity contribution in [1.29, 1.82) is 5.41 Å². The van der Waals surface area contributed by atoms with E-state index in [2.05, 4.69) is 76.6 Å². The number of fused-ring (bicyclic) bond motifs is 3. The summed E-state index contributed by atoms with van der Waals surface area (Å²) in [5.41, 5.74) is 5.08. The van der Waals surface area contributed by atoms with Gasteiger partial charge in [-0.25, -0.2) is 0 Å². The lowest BCUT2D eigenvalue weighted by molar-refractivity contribution is -0.129. The number of thiophene rings is 1. The number of benzene rings is 3. The number of hydrogen-bond donors (Lipinski definition) is 1. The van der Waals surface area contributed by atoms with Gasteiger partial charge in [-0.15, -0.1) is 11.3 Å². The highest BCUT2D eigenvalue weighted by Gasteiger charge is 2.23. The van der Waals surface area contributed by atoms with Gasteiger partial charge in [0.05, 0.1) is 0 Å². The van der Waals surface area contributed by atoms with Crippen molar-refractivity contribution in [2.24, 2.45) is 4.99 Å². The van der Waals surface area contributed by atoms with Gasteiger partial charge in [0.2, 0.25) is 5.91 Å². The van der Waals surface area contributed by atoms with E-state index in [4.69, 9.17) is 5.41 Å². The molecular formula is C29H30N4OS. The van der Waals surface area contributed by atoms with Gasteiger partial charge in [-0.2, -0.15) is 0 Å². The quantitative estimate of drug-likeness (QED) is 0.330. The molecule has 0 spiro atoms. The largest absolute Gasteiger partial charge is 0.367 e. The number of aliphatic imine (C=N–C) groups is 1. The van der Waals surface area contributed by atoms with Crippen LogP contribution < -0.4 is 4.90 Å². The van der Waals surface area contributed by atoms with E-state index in [-0.39, 0.29) is 12.5 Å². The lowest BCUT2D eigenvalue weighted by Crippen LogP contribution is -2.49. The van der Waals surface area contributed by atoms with E-state index < -0.39 is 0 Å². The van der Waals surface area contributed by atoms with Gasteiger partial charge in [0.1, 0.15) is 6.54 Å². The maximum atomic E-state index is 12.7. The number of piperazine rings is 1. The average Bonchev–Trinajstić information content (AvgIpc) is 3.25. The Kier molecular flexibility index (Phi) is 6.64. The van der Waals surface area contributed by atoms with Crippen molar-refractivity contribution < 1.29 is 4.79 Å². The molecule has 35 heavy (non-hydrogen) atoms. The zero-order valence-electron chi connectivity index (χ0n) is 20.3. The van der Waals surface area contributed by atoms with Crippen LogP contribution in [0.4, 0.5) is 5.69 Å². The fraction of sp³-hybridized carbons (Fsp3) is 0.276. The molecule has 0 aliphatic carbocycles. The number of anilines is 1. The molecule has 0 radical (unpaired) electrons. The number of carbonyl (C=O) groups is 1. The summed E-state index contributed by atoms with van der Waals surface area (Å²) in [6.45, 7) is 6.81. The maximum absolute atomic E-state index is 12.7. The molecule has 4 aromatic rings. The highest BCUT2D eigenvalue weighted by atomic mass is 32.1. The van der Waals surface area contributed by atoms with Crippen LogP contribution >= 0.6 is 11.3 Å². The zero-order valence-corrected chi connectivity index (χ0v) is 21.1. The lowest BCUT2D eigenvalue weighted by Gasteiger charge is -2.37. The standard InChI is InChI=1S/C29H30N4OS/c1-20(30)17-21(2)31-19-29(34)33-15-13-32(14-16-33)26-9-5-3-7-23(26)22-11-12-28-25(18-22)24-8-4-6-10-27(24)35-28/h3-12,18,30H,13-17,19H2,1-2H3. The Morgan fingerprint density at radius 1 is 0.914 bits per heavy atom. The van der Waals surface area contributed by atoms with E-state index in [1.165, 1.54) is 37.0 Å². The van der Waals surface area contributed by atoms with Crippen molar-refractivity contribution >= 4 is 54.5 Å². The summed E-state index contributed by atoms with van der Waals surface area (Å²) in [7, 11) is 0. The van der Waals surface area contributed by atoms with Crippen molar-refractivity contribution in [1.82, 2.24) is 4.90 Å². The van der Waals surface area contributed by atoms with Gasteiger partial charge in [0.15, 0.2) is 0 Å². The third kappa shape index (κ3) is 4.98. The van der Waals surface area contributed by atoms with Crippen LogP contribution in [0.25, 0.3) is 31.3 Å². The van der Waals surface area contributed by atoms with Crippen LogP contribution in [0, 0.1) is 5.41 Å². The van der Waals surface area contributed by atoms with E-state index in [0.29, 0.717) is 25.2 Å². The summed E-state index contributed by atoms with van der Waals surface area (Å²) < 4.78 is 2.63. The number of nitrogens with one attached hydrogen (secondary N) is 1. The van der Waals surface area contributed by atoms with Crippen molar-refractivity contribution in [3.05, 3.63) is 66.7 Å². The molecule has 0 unspecified atom stereocenters. The molecule has 0 atom stereocenters. The van der Waals surface area contributed by atoms with E-state index in [9.17, 15) is 4.79 Å². The van der Waals surface area contributed by atoms with E-state index >= 15 is 0 Å². The van der Waals surface area contributed by atoms with Crippen LogP contribution in [0.5, 0.6) is 0 Å². The second kappa shape index (κ2) is 10.0. The first-order valence-corrected chi connectivity index (χ1v) is 12.9. The topological polar surface area (TPSA) is 59.8 Å². The second-order valence-corrected chi connectivity index (χ2v) is 10.3. The minimum Gasteiger partial charge on any atom is -0.367 e. The third-order valence-electron chi connectivity index (χ3n) is 6.57. The normalized spacial score (nSPS) is 14.6. The molecule has 6 heteroatoms. The van der Waals surface area contributed by atoms with Crippen LogP contribution in [-0.2, 0) is 4.79 Å². The Hall–Kier alpha value is -3.51. The fourth-order valence-electron chi connectivity index (χ4n) is 4.83. The molecule has 5 rings (SSSR count). The van der Waals surface area contributed by atoms with Gasteiger partial charge < -0.3 is 15.2 Å². The van der Waals surface area contributed by atoms with Crippen LogP contribution in [0.3, 0.4) is 0 Å². The Balaban J connectivity index is 1.33. The molecule has 0 saturated carbocycles. The Morgan fingerprint density at radius 3 is 2.43 bits per heavy atom. The number of amides is 1. The third-order valence-corrected chi connectivity index (χ3v) is 7.72. The SMILES string of the molecule is CC(=N)CC(C)=NCC(=O)N1CCN(c2ccccc2-c2ccc3sc4ccccc4c3c2)CC1.